The zero-order valence-corrected chi connectivity index (χ0v) is 13.2. The first-order valence-corrected chi connectivity index (χ1v) is 6.94. The number of rotatable bonds is 3. The average molecular weight is 368 g/mol. The molecule has 0 unspecified atom stereocenters. The van der Waals surface area contributed by atoms with Crippen LogP contribution in [0.25, 0.3) is 0 Å². The van der Waals surface area contributed by atoms with Gasteiger partial charge in [-0.25, -0.2) is 4.79 Å². The Kier molecular flexibility index (Phi) is 5.11. The molecule has 0 saturated carbocycles. The minimum Gasteiger partial charge on any atom is -0.439 e. The number of hydrogen-bond donors (Lipinski definition) is 0. The van der Waals surface area contributed by atoms with E-state index in [0.29, 0.717) is 5.02 Å². The van der Waals surface area contributed by atoms with Crippen LogP contribution in [0.5, 0.6) is 0 Å². The van der Waals surface area contributed by atoms with E-state index in [2.05, 4.69) is 5.10 Å². The summed E-state index contributed by atoms with van der Waals surface area (Å²) in [6.07, 6.45) is 1.17. The lowest BCUT2D eigenvalue weighted by molar-refractivity contribution is 0.0340. The van der Waals surface area contributed by atoms with Gasteiger partial charge in [-0.3, -0.25) is 4.79 Å². The van der Waals surface area contributed by atoms with Crippen molar-refractivity contribution in [3.05, 3.63) is 60.4 Å². The number of benzene rings is 1. The van der Waals surface area contributed by atoms with Crippen LogP contribution in [0.4, 0.5) is 0 Å². The second kappa shape index (κ2) is 6.66. The summed E-state index contributed by atoms with van der Waals surface area (Å²) in [5, 5.41) is 4.04. The number of aromatic nitrogens is 2. The van der Waals surface area contributed by atoms with Crippen molar-refractivity contribution in [1.82, 2.24) is 9.78 Å². The molecule has 0 aliphatic heterocycles. The molecule has 0 atom stereocenters. The van der Waals surface area contributed by atoms with Crippen molar-refractivity contribution in [3.63, 3.8) is 0 Å². The van der Waals surface area contributed by atoms with Crippen molar-refractivity contribution in [3.8, 4) is 0 Å². The van der Waals surface area contributed by atoms with Gasteiger partial charge in [0.2, 0.25) is 0 Å². The molecule has 1 aromatic heterocycles. The number of halogens is 4. The average Bonchev–Trinajstić information content (AvgIpc) is 2.44. The first kappa shape index (κ1) is 16.1. The minimum atomic E-state index is -0.726. The molecule has 1 heterocycles. The van der Waals surface area contributed by atoms with Crippen molar-refractivity contribution in [2.45, 2.75) is 6.73 Å². The molecule has 2 rings (SSSR count). The molecular formula is C12H6Cl4N2O3. The van der Waals surface area contributed by atoms with E-state index in [9.17, 15) is 9.59 Å². The maximum Gasteiger partial charge on any atom is 0.341 e. The Morgan fingerprint density at radius 3 is 2.57 bits per heavy atom. The van der Waals surface area contributed by atoms with Crippen molar-refractivity contribution in [2.75, 3.05) is 0 Å². The van der Waals surface area contributed by atoms with Crippen molar-refractivity contribution < 1.29 is 9.53 Å². The third-order valence-corrected chi connectivity index (χ3v) is 3.71. The van der Waals surface area contributed by atoms with Gasteiger partial charge in [0.1, 0.15) is 5.02 Å². The molecule has 9 heteroatoms. The summed E-state index contributed by atoms with van der Waals surface area (Å²) >= 11 is 22.9. The van der Waals surface area contributed by atoms with Gasteiger partial charge < -0.3 is 4.74 Å². The van der Waals surface area contributed by atoms with Gasteiger partial charge in [0, 0.05) is 5.02 Å². The van der Waals surface area contributed by atoms with Gasteiger partial charge in [0.05, 0.1) is 21.8 Å². The Bertz CT molecular complexity index is 761. The molecule has 0 bridgehead atoms. The number of esters is 1. The molecule has 2 aromatic rings. The molecule has 0 saturated heterocycles. The van der Waals surface area contributed by atoms with Crippen molar-refractivity contribution >= 4 is 52.4 Å². The summed E-state index contributed by atoms with van der Waals surface area (Å²) < 4.78 is 5.80. The smallest absolute Gasteiger partial charge is 0.341 e. The zero-order chi connectivity index (χ0) is 15.6. The minimum absolute atomic E-state index is 0.0185. The van der Waals surface area contributed by atoms with Gasteiger partial charge in [0.15, 0.2) is 6.73 Å². The van der Waals surface area contributed by atoms with Crippen molar-refractivity contribution in [2.24, 2.45) is 0 Å². The number of hydrogen-bond acceptors (Lipinski definition) is 4. The van der Waals surface area contributed by atoms with Crippen LogP contribution in [-0.4, -0.2) is 15.7 Å². The fraction of sp³-hybridized carbons (Fsp3) is 0.0833. The predicted octanol–water partition coefficient (Wildman–Crippen LogP) is 3.67. The van der Waals surface area contributed by atoms with Crippen molar-refractivity contribution in [1.29, 1.82) is 0 Å². The lowest BCUT2D eigenvalue weighted by Gasteiger charge is -2.08. The summed E-state index contributed by atoms with van der Waals surface area (Å²) in [6.45, 7) is -0.423. The van der Waals surface area contributed by atoms with Crippen LogP contribution >= 0.6 is 46.4 Å². The molecule has 0 aliphatic rings. The Morgan fingerprint density at radius 1 is 1.19 bits per heavy atom. The molecule has 0 aliphatic carbocycles. The van der Waals surface area contributed by atoms with Crippen LogP contribution in [0.15, 0.2) is 29.2 Å². The lowest BCUT2D eigenvalue weighted by atomic mass is 10.2. The molecule has 0 N–H and O–H groups in total. The molecule has 0 radical (unpaired) electrons. The van der Waals surface area contributed by atoms with E-state index in [1.807, 2.05) is 0 Å². The van der Waals surface area contributed by atoms with E-state index < -0.39 is 18.3 Å². The standard InChI is InChI=1S/C12H6Cl4N2O3/c13-6-1-2-7(8(14)3-6)12(20)21-5-18-11(19)10(16)9(15)4-17-18/h1-4H,5H2. The van der Waals surface area contributed by atoms with E-state index in [1.165, 1.54) is 24.4 Å². The maximum absolute atomic E-state index is 11.9. The largest absolute Gasteiger partial charge is 0.439 e. The number of carbonyl (C=O) groups is 1. The van der Waals surface area contributed by atoms with Gasteiger partial charge in [-0.05, 0) is 18.2 Å². The zero-order valence-electron chi connectivity index (χ0n) is 10.1. The molecule has 1 aromatic carbocycles. The molecule has 5 nitrogen and oxygen atoms in total. The third-order valence-electron chi connectivity index (χ3n) is 2.41. The van der Waals surface area contributed by atoms with Crippen LogP contribution in [0.3, 0.4) is 0 Å². The first-order chi connectivity index (χ1) is 9.90. The van der Waals surface area contributed by atoms with Crippen LogP contribution in [0.1, 0.15) is 10.4 Å². The first-order valence-electron chi connectivity index (χ1n) is 5.43. The maximum atomic E-state index is 11.9. The summed E-state index contributed by atoms with van der Waals surface area (Å²) in [5.74, 6) is -0.726. The third kappa shape index (κ3) is 3.68. The van der Waals surface area contributed by atoms with Gasteiger partial charge >= 0.3 is 5.97 Å². The van der Waals surface area contributed by atoms with E-state index >= 15 is 0 Å². The topological polar surface area (TPSA) is 61.2 Å². The van der Waals surface area contributed by atoms with E-state index in [0.717, 1.165) is 4.68 Å². The van der Waals surface area contributed by atoms with E-state index in [1.54, 1.807) is 0 Å². The second-order valence-corrected chi connectivity index (χ2v) is 5.43. The predicted molar refractivity (Wildman–Crippen MR) is 80.4 cm³/mol. The SMILES string of the molecule is O=C(OCn1ncc(Cl)c(Cl)c1=O)c1ccc(Cl)cc1Cl. The van der Waals surface area contributed by atoms with Crippen LogP contribution in [-0.2, 0) is 11.5 Å². The van der Waals surface area contributed by atoms with Gasteiger partial charge in [-0.15, -0.1) is 0 Å². The summed E-state index contributed by atoms with van der Waals surface area (Å²) in [6, 6.07) is 4.31. The van der Waals surface area contributed by atoms with Crippen LogP contribution in [0.2, 0.25) is 20.1 Å². The Labute approximate surface area is 138 Å². The summed E-state index contributed by atoms with van der Waals surface area (Å²) in [5.41, 5.74) is -0.548. The lowest BCUT2D eigenvalue weighted by Crippen LogP contribution is -2.25. The number of nitrogens with zero attached hydrogens (tertiary/aromatic N) is 2. The van der Waals surface area contributed by atoms with E-state index in [-0.39, 0.29) is 20.6 Å². The fourth-order valence-corrected chi connectivity index (χ4v) is 2.15. The number of carbonyl (C=O) groups excluding carboxylic acids is 1. The Morgan fingerprint density at radius 2 is 1.90 bits per heavy atom. The quantitative estimate of drug-likeness (QED) is 0.776. The second-order valence-electron chi connectivity index (χ2n) is 3.80. The molecule has 0 spiro atoms. The van der Waals surface area contributed by atoms with E-state index in [4.69, 9.17) is 51.1 Å². The Balaban J connectivity index is 2.15. The van der Waals surface area contributed by atoms with Crippen LogP contribution < -0.4 is 5.56 Å². The van der Waals surface area contributed by atoms with Crippen LogP contribution in [0, 0.1) is 0 Å². The number of ether oxygens (including phenoxy) is 1. The summed E-state index contributed by atoms with van der Waals surface area (Å²) in [4.78, 5) is 23.6. The highest BCUT2D eigenvalue weighted by molar-refractivity contribution is 6.41. The summed E-state index contributed by atoms with van der Waals surface area (Å²) in [7, 11) is 0. The van der Waals surface area contributed by atoms with Gasteiger partial charge in [0.25, 0.3) is 5.56 Å². The normalized spacial score (nSPS) is 10.5. The molecule has 0 fully saturated rings. The highest BCUT2D eigenvalue weighted by Crippen LogP contribution is 2.21. The molecule has 21 heavy (non-hydrogen) atoms. The highest BCUT2D eigenvalue weighted by atomic mass is 35.5. The fourth-order valence-electron chi connectivity index (χ4n) is 1.39. The molecular weight excluding hydrogens is 362 g/mol. The van der Waals surface area contributed by atoms with Gasteiger partial charge in [-0.2, -0.15) is 9.78 Å². The molecule has 110 valence electrons. The monoisotopic (exact) mass is 366 g/mol. The van der Waals surface area contributed by atoms with Gasteiger partial charge in [-0.1, -0.05) is 46.4 Å². The highest BCUT2D eigenvalue weighted by Gasteiger charge is 2.14. The Hall–Kier alpha value is -1.27. The molecule has 0 amide bonds.